The number of hydrogen-bond donors (Lipinski definition) is 6. The van der Waals surface area contributed by atoms with Gasteiger partial charge >= 0.3 is 0 Å². The number of carbonyl (C=O) groups excluding carboxylic acids is 4. The van der Waals surface area contributed by atoms with Crippen molar-refractivity contribution in [1.82, 2.24) is 21.8 Å². The highest BCUT2D eigenvalue weighted by Crippen LogP contribution is 2.20. The number of hydrogen-bond acceptors (Lipinski definition) is 10. The Hall–Kier alpha value is -6.38. The van der Waals surface area contributed by atoms with Crippen LogP contribution in [0.15, 0.2) is 107 Å². The molecule has 56 heavy (non-hydrogen) atoms. The molecule has 4 amide bonds. The van der Waals surface area contributed by atoms with Crippen LogP contribution in [-0.4, -0.2) is 59.7 Å². The minimum atomic E-state index is -0.384. The van der Waals surface area contributed by atoms with E-state index in [9.17, 15) is 19.2 Å². The average molecular weight is 765 g/mol. The number of nitrogens with one attached hydrogen (secondary N) is 4. The maximum absolute atomic E-state index is 12.7. The van der Waals surface area contributed by atoms with Crippen LogP contribution in [0, 0.1) is 0 Å². The Labute approximate surface area is 325 Å². The van der Waals surface area contributed by atoms with Crippen molar-refractivity contribution in [3.8, 4) is 22.6 Å². The molecule has 0 atom stereocenters. The summed E-state index contributed by atoms with van der Waals surface area (Å²) in [5.74, 6) is -0.329. The highest BCUT2D eigenvalue weighted by molar-refractivity contribution is 5.96. The summed E-state index contributed by atoms with van der Waals surface area (Å²) < 4.78 is 11.5. The molecule has 0 unspecified atom stereocenters. The van der Waals surface area contributed by atoms with Crippen LogP contribution >= 0.6 is 0 Å². The van der Waals surface area contributed by atoms with Gasteiger partial charge in [-0.1, -0.05) is 86.3 Å². The molecule has 0 heterocycles. The van der Waals surface area contributed by atoms with Crippen molar-refractivity contribution < 1.29 is 39.1 Å². The van der Waals surface area contributed by atoms with E-state index in [1.54, 1.807) is 71.9 Å². The van der Waals surface area contributed by atoms with E-state index < -0.39 is 0 Å². The maximum atomic E-state index is 12.7. The first kappa shape index (κ1) is 42.4. The molecule has 4 aromatic rings. The summed E-state index contributed by atoms with van der Waals surface area (Å²) >= 11 is 0. The SMILES string of the molecule is O=C(CCCCCCOc1cccc(C(=O)N/N=C/c2ccc(-c3ccc(/C=N/NC(=O)c4cccc(OCCCCCCC(=O)NO)c4)cc3)cc2)c1)NO. The van der Waals surface area contributed by atoms with Crippen molar-refractivity contribution in [2.24, 2.45) is 10.2 Å². The standard InChI is InChI=1S/C42H48N6O8/c49-39(47-53)15-5-1-3-7-25-55-37-13-9-11-35(27-37)41(51)45-43-29-31-17-21-33(22-18-31)34-23-19-32(20-24-34)30-44-46-42(52)36-12-10-14-38(28-36)56-26-8-4-2-6-16-40(50)48-54/h9-14,17-24,27-30,53-54H,1-8,15-16,25-26H2,(H,45,51)(H,46,52)(H,47,49)(H,48,50)/b43-29+,44-30+. The van der Waals surface area contributed by atoms with E-state index in [2.05, 4.69) is 21.1 Å². The van der Waals surface area contributed by atoms with Crippen molar-refractivity contribution >= 4 is 36.1 Å². The number of ether oxygens (including phenoxy) is 2. The minimum absolute atomic E-state index is 0.291. The number of hydroxylamine groups is 2. The van der Waals surface area contributed by atoms with E-state index in [1.165, 1.54) is 0 Å². The molecule has 0 aliphatic carbocycles. The van der Waals surface area contributed by atoms with Crippen LogP contribution in [0.2, 0.25) is 0 Å². The number of carbonyl (C=O) groups is 4. The molecule has 0 spiro atoms. The number of amides is 4. The largest absolute Gasteiger partial charge is 0.494 e. The zero-order valence-electron chi connectivity index (χ0n) is 31.1. The van der Waals surface area contributed by atoms with Gasteiger partial charge in [0.25, 0.3) is 11.8 Å². The van der Waals surface area contributed by atoms with Crippen LogP contribution in [0.3, 0.4) is 0 Å². The number of hydrazone groups is 2. The quantitative estimate of drug-likeness (QED) is 0.0211. The lowest BCUT2D eigenvalue weighted by molar-refractivity contribution is -0.130. The molecule has 0 saturated carbocycles. The van der Waals surface area contributed by atoms with E-state index in [1.807, 2.05) is 48.5 Å². The molecule has 0 aromatic heterocycles. The summed E-state index contributed by atoms with van der Waals surface area (Å²) in [6, 6.07) is 29.2. The lowest BCUT2D eigenvalue weighted by atomic mass is 10.0. The third-order valence-corrected chi connectivity index (χ3v) is 8.49. The number of rotatable bonds is 23. The predicted octanol–water partition coefficient (Wildman–Crippen LogP) is 6.55. The third kappa shape index (κ3) is 15.5. The van der Waals surface area contributed by atoms with Gasteiger partial charge in [0.2, 0.25) is 11.8 Å². The van der Waals surface area contributed by atoms with E-state index >= 15 is 0 Å². The summed E-state index contributed by atoms with van der Waals surface area (Å²) in [6.07, 6.45) is 10.2. The molecule has 0 saturated heterocycles. The first-order valence-electron chi connectivity index (χ1n) is 18.5. The third-order valence-electron chi connectivity index (χ3n) is 8.49. The van der Waals surface area contributed by atoms with Crippen molar-refractivity contribution in [2.45, 2.75) is 64.2 Å². The number of benzene rings is 4. The van der Waals surface area contributed by atoms with Gasteiger partial charge < -0.3 is 9.47 Å². The van der Waals surface area contributed by atoms with Gasteiger partial charge in [0.15, 0.2) is 0 Å². The van der Waals surface area contributed by atoms with Crippen LogP contribution in [-0.2, 0) is 9.59 Å². The molecule has 0 aliphatic heterocycles. The second-order valence-electron chi connectivity index (χ2n) is 12.8. The molecule has 14 heteroatoms. The maximum Gasteiger partial charge on any atom is 0.271 e. The van der Waals surface area contributed by atoms with Gasteiger partial charge in [0, 0.05) is 24.0 Å². The second kappa shape index (κ2) is 24.1. The van der Waals surface area contributed by atoms with Gasteiger partial charge in [0.1, 0.15) is 11.5 Å². The van der Waals surface area contributed by atoms with Crippen LogP contribution in [0.25, 0.3) is 11.1 Å². The first-order chi connectivity index (χ1) is 27.3. The molecular formula is C42H48N6O8. The smallest absolute Gasteiger partial charge is 0.271 e. The van der Waals surface area contributed by atoms with Gasteiger partial charge in [-0.3, -0.25) is 29.6 Å². The molecule has 0 aliphatic rings. The van der Waals surface area contributed by atoms with Crippen LogP contribution in [0.4, 0.5) is 0 Å². The van der Waals surface area contributed by atoms with E-state index in [0.29, 0.717) is 61.5 Å². The minimum Gasteiger partial charge on any atom is -0.494 e. The Kier molecular flexibility index (Phi) is 18.2. The molecular weight excluding hydrogens is 716 g/mol. The van der Waals surface area contributed by atoms with Gasteiger partial charge in [-0.15, -0.1) is 0 Å². The van der Waals surface area contributed by atoms with Crippen molar-refractivity contribution in [3.05, 3.63) is 119 Å². The Morgan fingerprint density at radius 3 is 1.30 bits per heavy atom. The molecule has 0 fully saturated rings. The fourth-order valence-electron chi connectivity index (χ4n) is 5.41. The highest BCUT2D eigenvalue weighted by Gasteiger charge is 2.08. The topological polar surface area (TPSA) is 200 Å². The molecule has 4 rings (SSSR count). The predicted molar refractivity (Wildman–Crippen MR) is 212 cm³/mol. The second-order valence-corrected chi connectivity index (χ2v) is 12.8. The Bertz CT molecular complexity index is 1780. The van der Waals surface area contributed by atoms with Crippen molar-refractivity contribution in [3.63, 3.8) is 0 Å². The van der Waals surface area contributed by atoms with Crippen molar-refractivity contribution in [1.29, 1.82) is 0 Å². The van der Waals surface area contributed by atoms with E-state index in [0.717, 1.165) is 60.8 Å². The first-order valence-corrected chi connectivity index (χ1v) is 18.5. The lowest BCUT2D eigenvalue weighted by Crippen LogP contribution is -2.17. The van der Waals surface area contributed by atoms with Gasteiger partial charge in [-0.25, -0.2) is 21.8 Å². The van der Waals surface area contributed by atoms with Gasteiger partial charge in [-0.2, -0.15) is 10.2 Å². The highest BCUT2D eigenvalue weighted by atomic mass is 16.5. The summed E-state index contributed by atoms with van der Waals surface area (Å²) in [5.41, 5.74) is 12.8. The Morgan fingerprint density at radius 1 is 0.518 bits per heavy atom. The van der Waals surface area contributed by atoms with E-state index in [4.69, 9.17) is 19.9 Å². The van der Waals surface area contributed by atoms with Crippen molar-refractivity contribution in [2.75, 3.05) is 13.2 Å². The van der Waals surface area contributed by atoms with E-state index in [-0.39, 0.29) is 23.6 Å². The summed E-state index contributed by atoms with van der Waals surface area (Å²) in [7, 11) is 0. The van der Waals surface area contributed by atoms with Crippen LogP contribution in [0.1, 0.15) is 96.1 Å². The lowest BCUT2D eigenvalue weighted by Gasteiger charge is -2.08. The zero-order chi connectivity index (χ0) is 39.8. The number of nitrogens with zero attached hydrogens (tertiary/aromatic N) is 2. The van der Waals surface area contributed by atoms with Crippen LogP contribution in [0.5, 0.6) is 11.5 Å². The molecule has 4 aromatic carbocycles. The fraction of sp³-hybridized carbons (Fsp3) is 0.286. The molecule has 6 N–H and O–H groups in total. The van der Waals surface area contributed by atoms with Crippen LogP contribution < -0.4 is 31.3 Å². The summed E-state index contributed by atoms with van der Waals surface area (Å²) in [4.78, 5) is 47.4. The average Bonchev–Trinajstić information content (AvgIpc) is 3.23. The van der Waals surface area contributed by atoms with Gasteiger partial charge in [0.05, 0.1) is 25.6 Å². The fourth-order valence-corrected chi connectivity index (χ4v) is 5.41. The molecule has 294 valence electrons. The van der Waals surface area contributed by atoms with Gasteiger partial charge in [-0.05, 0) is 84.3 Å². The summed E-state index contributed by atoms with van der Waals surface area (Å²) in [5, 5.41) is 25.3. The molecule has 0 bridgehead atoms. The Morgan fingerprint density at radius 2 is 0.911 bits per heavy atom. The normalized spacial score (nSPS) is 11.0. The zero-order valence-corrected chi connectivity index (χ0v) is 31.1. The monoisotopic (exact) mass is 764 g/mol. The number of unbranched alkanes of at least 4 members (excludes halogenated alkanes) is 6. The Balaban J connectivity index is 1.16. The molecule has 0 radical (unpaired) electrons. The summed E-state index contributed by atoms with van der Waals surface area (Å²) in [6.45, 7) is 0.972. The molecule has 14 nitrogen and oxygen atoms in total.